The Morgan fingerprint density at radius 1 is 1.41 bits per heavy atom. The molecule has 2 N–H and O–H groups in total. The Kier molecular flexibility index (Phi) is 4.34. The summed E-state index contributed by atoms with van der Waals surface area (Å²) in [7, 11) is 0. The van der Waals surface area contributed by atoms with Gasteiger partial charge in [-0.1, -0.05) is 6.92 Å². The number of rotatable bonds is 3. The predicted octanol–water partition coefficient (Wildman–Crippen LogP) is 0.871. The highest BCUT2D eigenvalue weighted by Crippen LogP contribution is 2.27. The third-order valence-electron chi connectivity index (χ3n) is 3.70. The van der Waals surface area contributed by atoms with Gasteiger partial charge in [-0.15, -0.1) is 0 Å². The molecule has 0 radical (unpaired) electrons. The maximum absolute atomic E-state index is 11.4. The van der Waals surface area contributed by atoms with Gasteiger partial charge in [-0.3, -0.25) is 4.79 Å². The van der Waals surface area contributed by atoms with E-state index in [-0.39, 0.29) is 5.91 Å². The van der Waals surface area contributed by atoms with E-state index in [1.54, 1.807) is 0 Å². The Labute approximate surface area is 108 Å². The number of carbonyl (C=O) groups excluding carboxylic acids is 1. The zero-order chi connectivity index (χ0) is 12.3. The minimum Gasteiger partial charge on any atom is -0.358 e. The smallest absolute Gasteiger partial charge is 0.226 e. The molecule has 1 atom stereocenters. The van der Waals surface area contributed by atoms with E-state index in [9.17, 15) is 4.79 Å². The highest BCUT2D eigenvalue weighted by Gasteiger charge is 2.34. The normalized spacial score (nSPS) is 31.0. The second-order valence-electron chi connectivity index (χ2n) is 5.02. The van der Waals surface area contributed by atoms with Crippen molar-refractivity contribution in [3.05, 3.63) is 0 Å². The van der Waals surface area contributed by atoms with Crippen molar-refractivity contribution in [2.45, 2.75) is 38.6 Å². The van der Waals surface area contributed by atoms with Crippen molar-refractivity contribution in [3.63, 3.8) is 0 Å². The minimum atomic E-state index is 0.0197. The lowest BCUT2D eigenvalue weighted by Crippen LogP contribution is -2.59. The first kappa shape index (κ1) is 12.8. The highest BCUT2D eigenvalue weighted by molar-refractivity contribution is 7.80. The second-order valence-corrected chi connectivity index (χ2v) is 5.42. The topological polar surface area (TPSA) is 44.4 Å². The van der Waals surface area contributed by atoms with E-state index in [2.05, 4.69) is 15.5 Å². The Morgan fingerprint density at radius 3 is 2.65 bits per heavy atom. The van der Waals surface area contributed by atoms with E-state index >= 15 is 0 Å². The summed E-state index contributed by atoms with van der Waals surface area (Å²) in [6.45, 7) is 5.49. The molecule has 0 aromatic heterocycles. The number of hydrogen-bond acceptors (Lipinski definition) is 3. The Balaban J connectivity index is 1.77. The molecule has 1 amide bonds. The fourth-order valence-electron chi connectivity index (χ4n) is 2.75. The molecule has 3 fully saturated rings. The fraction of sp³-hybridized carbons (Fsp3) is 0.833. The molecule has 0 aliphatic carbocycles. The maximum Gasteiger partial charge on any atom is 0.226 e. The van der Waals surface area contributed by atoms with E-state index in [1.165, 1.54) is 25.9 Å². The molecule has 1 unspecified atom stereocenters. The van der Waals surface area contributed by atoms with E-state index in [1.807, 2.05) is 6.92 Å². The molecule has 96 valence electrons. The average Bonchev–Trinajstić information content (AvgIpc) is 2.30. The van der Waals surface area contributed by atoms with Crippen LogP contribution >= 0.6 is 12.2 Å². The van der Waals surface area contributed by atoms with E-state index in [0.29, 0.717) is 17.6 Å². The van der Waals surface area contributed by atoms with Gasteiger partial charge in [0.2, 0.25) is 5.91 Å². The van der Waals surface area contributed by atoms with Crippen molar-refractivity contribution >= 4 is 23.2 Å². The lowest BCUT2D eigenvalue weighted by Gasteiger charge is -2.45. The maximum atomic E-state index is 11.4. The molecule has 0 aromatic rings. The van der Waals surface area contributed by atoms with Gasteiger partial charge in [0.15, 0.2) is 5.11 Å². The SMILES string of the molecule is CCCC(=O)NC(=S)NC1CN2CCC1CC2. The van der Waals surface area contributed by atoms with Gasteiger partial charge >= 0.3 is 0 Å². The van der Waals surface area contributed by atoms with E-state index < -0.39 is 0 Å². The van der Waals surface area contributed by atoms with Crippen LogP contribution in [0.15, 0.2) is 0 Å². The summed E-state index contributed by atoms with van der Waals surface area (Å²) in [6.07, 6.45) is 3.91. The molecule has 3 heterocycles. The van der Waals surface area contributed by atoms with Crippen molar-refractivity contribution < 1.29 is 4.79 Å². The summed E-state index contributed by atoms with van der Waals surface area (Å²) >= 11 is 5.18. The number of thiocarbonyl (C=S) groups is 1. The Bertz CT molecular complexity index is 300. The average molecular weight is 255 g/mol. The molecule has 3 aliphatic rings. The molecular weight excluding hydrogens is 234 g/mol. The van der Waals surface area contributed by atoms with Crippen LogP contribution < -0.4 is 10.6 Å². The van der Waals surface area contributed by atoms with Crippen LogP contribution in [0.25, 0.3) is 0 Å². The molecule has 4 nitrogen and oxygen atoms in total. The summed E-state index contributed by atoms with van der Waals surface area (Å²) in [5.74, 6) is 0.743. The van der Waals surface area contributed by atoms with Crippen LogP contribution in [-0.4, -0.2) is 41.6 Å². The fourth-order valence-corrected chi connectivity index (χ4v) is 3.01. The van der Waals surface area contributed by atoms with Gasteiger partial charge in [-0.05, 0) is 50.5 Å². The lowest BCUT2D eigenvalue weighted by molar-refractivity contribution is -0.119. The van der Waals surface area contributed by atoms with Gasteiger partial charge in [0, 0.05) is 19.0 Å². The number of carbonyl (C=O) groups is 1. The van der Waals surface area contributed by atoms with Gasteiger partial charge in [0.1, 0.15) is 0 Å². The molecule has 0 spiro atoms. The zero-order valence-corrected chi connectivity index (χ0v) is 11.2. The van der Waals surface area contributed by atoms with Gasteiger partial charge < -0.3 is 15.5 Å². The highest BCUT2D eigenvalue weighted by atomic mass is 32.1. The van der Waals surface area contributed by atoms with Crippen LogP contribution in [0.1, 0.15) is 32.6 Å². The van der Waals surface area contributed by atoms with E-state index in [0.717, 1.165) is 18.9 Å². The first-order chi connectivity index (χ1) is 8.19. The monoisotopic (exact) mass is 255 g/mol. The van der Waals surface area contributed by atoms with Gasteiger partial charge in [-0.2, -0.15) is 0 Å². The third-order valence-corrected chi connectivity index (χ3v) is 3.92. The number of fused-ring (bicyclic) bond motifs is 3. The summed E-state index contributed by atoms with van der Waals surface area (Å²) in [5, 5.41) is 6.55. The summed E-state index contributed by atoms with van der Waals surface area (Å²) in [5.41, 5.74) is 0. The van der Waals surface area contributed by atoms with Crippen LogP contribution in [-0.2, 0) is 4.79 Å². The summed E-state index contributed by atoms with van der Waals surface area (Å²) in [6, 6.07) is 0.423. The zero-order valence-electron chi connectivity index (χ0n) is 10.4. The summed E-state index contributed by atoms with van der Waals surface area (Å²) < 4.78 is 0. The molecular formula is C12H21N3OS. The molecule has 17 heavy (non-hydrogen) atoms. The summed E-state index contributed by atoms with van der Waals surface area (Å²) in [4.78, 5) is 13.9. The van der Waals surface area contributed by atoms with E-state index in [4.69, 9.17) is 12.2 Å². The van der Waals surface area contributed by atoms with Crippen molar-refractivity contribution in [1.82, 2.24) is 15.5 Å². The third kappa shape index (κ3) is 3.39. The van der Waals surface area contributed by atoms with Crippen molar-refractivity contribution in [1.29, 1.82) is 0 Å². The number of piperidine rings is 3. The minimum absolute atomic E-state index is 0.0197. The quantitative estimate of drug-likeness (QED) is 0.735. The molecule has 0 aromatic carbocycles. The molecule has 3 aliphatic heterocycles. The molecule has 3 rings (SSSR count). The van der Waals surface area contributed by atoms with Crippen LogP contribution in [0.3, 0.4) is 0 Å². The number of nitrogens with zero attached hydrogens (tertiary/aromatic N) is 1. The van der Waals surface area contributed by atoms with Crippen LogP contribution in [0.2, 0.25) is 0 Å². The largest absolute Gasteiger partial charge is 0.358 e. The molecule has 5 heteroatoms. The molecule has 3 saturated heterocycles. The van der Waals surface area contributed by atoms with Crippen LogP contribution in [0.5, 0.6) is 0 Å². The Morgan fingerprint density at radius 2 is 2.12 bits per heavy atom. The lowest BCUT2D eigenvalue weighted by atomic mass is 9.84. The number of nitrogens with one attached hydrogen (secondary N) is 2. The van der Waals surface area contributed by atoms with Gasteiger partial charge in [-0.25, -0.2) is 0 Å². The molecule has 2 bridgehead atoms. The van der Waals surface area contributed by atoms with Crippen molar-refractivity contribution in [2.24, 2.45) is 5.92 Å². The predicted molar refractivity (Wildman–Crippen MR) is 71.7 cm³/mol. The molecule has 0 saturated carbocycles. The van der Waals surface area contributed by atoms with Crippen LogP contribution in [0.4, 0.5) is 0 Å². The number of hydrogen-bond donors (Lipinski definition) is 2. The number of amides is 1. The second kappa shape index (κ2) is 5.78. The first-order valence-corrected chi connectivity index (χ1v) is 6.92. The van der Waals surface area contributed by atoms with Crippen molar-refractivity contribution in [2.75, 3.05) is 19.6 Å². The van der Waals surface area contributed by atoms with Gasteiger partial charge in [0.05, 0.1) is 0 Å². The standard InChI is InChI=1S/C12H21N3OS/c1-2-3-11(16)14-12(17)13-10-8-15-6-4-9(10)5-7-15/h9-10H,2-8H2,1H3,(H2,13,14,16,17). The Hall–Kier alpha value is -0.680. The van der Waals surface area contributed by atoms with Crippen molar-refractivity contribution in [3.8, 4) is 0 Å². The first-order valence-electron chi connectivity index (χ1n) is 6.51. The van der Waals surface area contributed by atoms with Gasteiger partial charge in [0.25, 0.3) is 0 Å². The van der Waals surface area contributed by atoms with Crippen LogP contribution in [0, 0.1) is 5.92 Å².